The summed E-state index contributed by atoms with van der Waals surface area (Å²) in [5.74, 6) is 0. The summed E-state index contributed by atoms with van der Waals surface area (Å²) in [6, 6.07) is 9.61. The van der Waals surface area contributed by atoms with Crippen molar-refractivity contribution in [3.8, 4) is 0 Å². The second-order valence-electron chi connectivity index (χ2n) is 7.20. The Morgan fingerprint density at radius 1 is 1.04 bits per heavy atom. The number of fused-ring (bicyclic) bond motifs is 1. The van der Waals surface area contributed by atoms with E-state index in [1.54, 1.807) is 0 Å². The van der Waals surface area contributed by atoms with Crippen LogP contribution in [0.3, 0.4) is 0 Å². The van der Waals surface area contributed by atoms with Gasteiger partial charge in [-0.1, -0.05) is 12.1 Å². The molecule has 0 spiro atoms. The fourth-order valence-corrected chi connectivity index (χ4v) is 5.12. The first-order valence-corrected chi connectivity index (χ1v) is 10.4. The average molecular weight is 387 g/mol. The number of aryl methyl sites for hydroxylation is 3. The van der Waals surface area contributed by atoms with E-state index < -0.39 is 16.1 Å². The summed E-state index contributed by atoms with van der Waals surface area (Å²) in [6.07, 6.45) is 1.03. The van der Waals surface area contributed by atoms with Crippen LogP contribution in [0.5, 0.6) is 0 Å². The highest BCUT2D eigenvalue weighted by molar-refractivity contribution is 7.89. The van der Waals surface area contributed by atoms with Crippen LogP contribution in [0.25, 0.3) is 10.9 Å². The smallest absolute Gasteiger partial charge is 0.241 e. The van der Waals surface area contributed by atoms with E-state index in [9.17, 15) is 13.5 Å². The minimum Gasteiger partial charge on any atom is -0.387 e. The molecule has 2 N–H and O–H groups in total. The molecule has 0 unspecified atom stereocenters. The molecule has 3 aromatic rings. The Hall–Kier alpha value is -2.15. The summed E-state index contributed by atoms with van der Waals surface area (Å²) in [4.78, 5) is 0.311. The van der Waals surface area contributed by atoms with Crippen molar-refractivity contribution in [3.63, 3.8) is 0 Å². The van der Waals surface area contributed by atoms with Gasteiger partial charge in [0.05, 0.1) is 11.0 Å². The Balaban J connectivity index is 1.84. The zero-order valence-corrected chi connectivity index (χ0v) is 17.2. The third-order valence-electron chi connectivity index (χ3n) is 5.33. The topological polar surface area (TPSA) is 71.3 Å². The number of aromatic nitrogens is 1. The second kappa shape index (κ2) is 7.11. The molecule has 0 amide bonds. The lowest BCUT2D eigenvalue weighted by Crippen LogP contribution is -2.30. The van der Waals surface area contributed by atoms with Crippen molar-refractivity contribution in [3.05, 3.63) is 64.3 Å². The molecule has 1 aromatic heterocycles. The SMILES string of the molecule is Cc1cc(C)c(C)c(S(=O)(=O)NC[C@@H](O)c2ccc3c(ccn3C)c2)c1C. The number of aliphatic hydroxyl groups is 1. The zero-order valence-electron chi connectivity index (χ0n) is 16.4. The molecule has 5 nitrogen and oxygen atoms in total. The summed E-state index contributed by atoms with van der Waals surface area (Å²) < 4.78 is 30.4. The lowest BCUT2D eigenvalue weighted by Gasteiger charge is -2.18. The van der Waals surface area contributed by atoms with Crippen molar-refractivity contribution < 1.29 is 13.5 Å². The van der Waals surface area contributed by atoms with Crippen molar-refractivity contribution >= 4 is 20.9 Å². The highest BCUT2D eigenvalue weighted by Crippen LogP contribution is 2.26. The first-order valence-electron chi connectivity index (χ1n) is 8.92. The maximum atomic E-state index is 12.9. The third kappa shape index (κ3) is 3.65. The maximum Gasteiger partial charge on any atom is 0.241 e. The molecule has 0 saturated carbocycles. The van der Waals surface area contributed by atoms with Gasteiger partial charge in [0.2, 0.25) is 10.0 Å². The Kier molecular flexibility index (Phi) is 5.16. The summed E-state index contributed by atoms with van der Waals surface area (Å²) in [7, 11) is -1.76. The molecule has 3 rings (SSSR count). The van der Waals surface area contributed by atoms with E-state index in [2.05, 4.69) is 4.72 Å². The van der Waals surface area contributed by atoms with Crippen molar-refractivity contribution in [1.82, 2.24) is 9.29 Å². The largest absolute Gasteiger partial charge is 0.387 e. The molecular weight excluding hydrogens is 360 g/mol. The molecule has 6 heteroatoms. The van der Waals surface area contributed by atoms with Gasteiger partial charge < -0.3 is 9.67 Å². The number of sulfonamides is 1. The first kappa shape index (κ1) is 19.6. The monoisotopic (exact) mass is 386 g/mol. The molecule has 2 aromatic carbocycles. The number of nitrogens with zero attached hydrogens (tertiary/aromatic N) is 1. The van der Waals surface area contributed by atoms with Gasteiger partial charge in [-0.2, -0.15) is 0 Å². The standard InChI is InChI=1S/C21H26N2O3S/c1-13-10-14(2)16(4)21(15(13)3)27(25,26)22-12-20(24)18-6-7-19-17(11-18)8-9-23(19)5/h6-11,20,22,24H,12H2,1-5H3/t20-/m1/s1. The van der Waals surface area contributed by atoms with Crippen molar-refractivity contribution in [2.75, 3.05) is 6.54 Å². The molecule has 0 aliphatic heterocycles. The average Bonchev–Trinajstić information content (AvgIpc) is 2.98. The van der Waals surface area contributed by atoms with Gasteiger partial charge in [-0.3, -0.25) is 0 Å². The number of rotatable bonds is 5. The van der Waals surface area contributed by atoms with Crippen LogP contribution in [-0.4, -0.2) is 24.6 Å². The highest BCUT2D eigenvalue weighted by atomic mass is 32.2. The number of aliphatic hydroxyl groups excluding tert-OH is 1. The fraction of sp³-hybridized carbons (Fsp3) is 0.333. The number of benzene rings is 2. The summed E-state index contributed by atoms with van der Waals surface area (Å²) in [5.41, 5.74) is 5.11. The Bertz CT molecular complexity index is 1090. The van der Waals surface area contributed by atoms with Gasteiger partial charge >= 0.3 is 0 Å². The molecule has 0 saturated heterocycles. The van der Waals surface area contributed by atoms with Gasteiger partial charge in [0.1, 0.15) is 0 Å². The fourth-order valence-electron chi connectivity index (χ4n) is 3.47. The van der Waals surface area contributed by atoms with E-state index in [1.807, 2.05) is 75.8 Å². The molecule has 0 fully saturated rings. The van der Waals surface area contributed by atoms with Crippen molar-refractivity contribution in [2.45, 2.75) is 38.7 Å². The molecule has 27 heavy (non-hydrogen) atoms. The van der Waals surface area contributed by atoms with Crippen LogP contribution in [0, 0.1) is 27.7 Å². The van der Waals surface area contributed by atoms with E-state index in [-0.39, 0.29) is 6.54 Å². The minimum absolute atomic E-state index is 0.0768. The van der Waals surface area contributed by atoms with Crippen LogP contribution in [0.15, 0.2) is 41.4 Å². The molecule has 0 aliphatic rings. The van der Waals surface area contributed by atoms with Gasteiger partial charge in [0.15, 0.2) is 0 Å². The molecule has 1 heterocycles. The summed E-state index contributed by atoms with van der Waals surface area (Å²) >= 11 is 0. The van der Waals surface area contributed by atoms with Crippen LogP contribution >= 0.6 is 0 Å². The normalized spacial score (nSPS) is 13.3. The van der Waals surface area contributed by atoms with Crippen LogP contribution in [-0.2, 0) is 17.1 Å². The third-order valence-corrected chi connectivity index (χ3v) is 7.02. The van der Waals surface area contributed by atoms with Crippen molar-refractivity contribution in [2.24, 2.45) is 7.05 Å². The molecule has 0 radical (unpaired) electrons. The molecule has 0 bridgehead atoms. The van der Waals surface area contributed by atoms with E-state index in [1.165, 1.54) is 0 Å². The van der Waals surface area contributed by atoms with Crippen LogP contribution < -0.4 is 4.72 Å². The minimum atomic E-state index is -3.72. The van der Waals surface area contributed by atoms with Crippen LogP contribution in [0.2, 0.25) is 0 Å². The second-order valence-corrected chi connectivity index (χ2v) is 8.91. The van der Waals surface area contributed by atoms with E-state index in [4.69, 9.17) is 0 Å². The number of nitrogens with one attached hydrogen (secondary N) is 1. The molecule has 144 valence electrons. The van der Waals surface area contributed by atoms with E-state index in [0.29, 0.717) is 10.5 Å². The first-order chi connectivity index (χ1) is 12.6. The number of hydrogen-bond donors (Lipinski definition) is 2. The van der Waals surface area contributed by atoms with Crippen LogP contribution in [0.4, 0.5) is 0 Å². The van der Waals surface area contributed by atoms with Crippen molar-refractivity contribution in [1.29, 1.82) is 0 Å². The van der Waals surface area contributed by atoms with Gasteiger partial charge in [-0.25, -0.2) is 13.1 Å². The maximum absolute atomic E-state index is 12.9. The van der Waals surface area contributed by atoms with Gasteiger partial charge in [-0.15, -0.1) is 0 Å². The predicted molar refractivity (Wildman–Crippen MR) is 108 cm³/mol. The summed E-state index contributed by atoms with van der Waals surface area (Å²) in [5, 5.41) is 11.5. The molecule has 1 atom stereocenters. The lowest BCUT2D eigenvalue weighted by atomic mass is 10.0. The van der Waals surface area contributed by atoms with E-state index in [0.717, 1.165) is 33.2 Å². The quantitative estimate of drug-likeness (QED) is 0.706. The van der Waals surface area contributed by atoms with Gasteiger partial charge in [-0.05, 0) is 79.1 Å². The molecular formula is C21H26N2O3S. The van der Waals surface area contributed by atoms with Gasteiger partial charge in [0, 0.05) is 25.3 Å². The highest BCUT2D eigenvalue weighted by Gasteiger charge is 2.23. The summed E-state index contributed by atoms with van der Waals surface area (Å²) in [6.45, 7) is 7.37. The van der Waals surface area contributed by atoms with E-state index >= 15 is 0 Å². The number of hydrogen-bond acceptors (Lipinski definition) is 3. The van der Waals surface area contributed by atoms with Crippen LogP contribution in [0.1, 0.15) is 33.9 Å². The predicted octanol–water partition coefficient (Wildman–Crippen LogP) is 3.42. The lowest BCUT2D eigenvalue weighted by molar-refractivity contribution is 0.182. The molecule has 0 aliphatic carbocycles. The Morgan fingerprint density at radius 3 is 2.30 bits per heavy atom. The van der Waals surface area contributed by atoms with Gasteiger partial charge in [0.25, 0.3) is 0 Å². The zero-order chi connectivity index (χ0) is 19.9. The Morgan fingerprint density at radius 2 is 1.67 bits per heavy atom. The Labute approximate surface area is 160 Å².